The second-order valence-electron chi connectivity index (χ2n) is 28.5. The normalized spacial score (nSPS) is 50.6. The number of hydrogen-bond acceptors (Lipinski definition) is 29. The number of aliphatic hydroxyl groups is 11. The highest BCUT2D eigenvalue weighted by molar-refractivity contribution is 5.82. The van der Waals surface area contributed by atoms with Gasteiger partial charge in [0.05, 0.1) is 56.4 Å². The van der Waals surface area contributed by atoms with Gasteiger partial charge in [0.15, 0.2) is 43.8 Å². The van der Waals surface area contributed by atoms with Gasteiger partial charge in [-0.3, -0.25) is 4.79 Å². The van der Waals surface area contributed by atoms with Gasteiger partial charge in [-0.2, -0.15) is 0 Å². The summed E-state index contributed by atoms with van der Waals surface area (Å²) in [5, 5.41) is 119. The molecule has 10 aliphatic rings. The number of rotatable bonds is 21. The molecule has 94 heavy (non-hydrogen) atoms. The average molecular weight is 1350 g/mol. The smallest absolute Gasteiger partial charge is 0.331 e. The molecular formula is C65H104O29. The molecule has 3 unspecified atom stereocenters. The van der Waals surface area contributed by atoms with E-state index in [1.807, 2.05) is 27.7 Å². The summed E-state index contributed by atoms with van der Waals surface area (Å²) in [6.07, 6.45) is -26.2. The first kappa shape index (κ1) is 74.3. The van der Waals surface area contributed by atoms with E-state index in [0.29, 0.717) is 32.1 Å². The number of carbonyl (C=O) groups is 2. The number of Topliss-reactive ketones (excluding diaryl/α,β-unsaturated/α-hetero) is 1. The van der Waals surface area contributed by atoms with Crippen LogP contribution in [-0.4, -0.2) is 293 Å². The first-order valence-corrected chi connectivity index (χ1v) is 33.4. The van der Waals surface area contributed by atoms with Crippen molar-refractivity contribution in [3.63, 3.8) is 0 Å². The lowest BCUT2D eigenvalue weighted by Gasteiger charge is -2.58. The van der Waals surface area contributed by atoms with Gasteiger partial charge >= 0.3 is 5.97 Å². The van der Waals surface area contributed by atoms with Crippen molar-refractivity contribution in [1.82, 2.24) is 0 Å². The Bertz CT molecular complexity index is 2580. The van der Waals surface area contributed by atoms with Gasteiger partial charge < -0.3 is 132 Å². The van der Waals surface area contributed by atoms with Crippen molar-refractivity contribution in [3.05, 3.63) is 23.3 Å². The van der Waals surface area contributed by atoms with Crippen molar-refractivity contribution in [1.29, 1.82) is 0 Å². The maximum Gasteiger partial charge on any atom is 0.331 e. The van der Waals surface area contributed by atoms with Crippen molar-refractivity contribution in [3.8, 4) is 0 Å². The molecule has 0 spiro atoms. The summed E-state index contributed by atoms with van der Waals surface area (Å²) in [6.45, 7) is 13.2. The zero-order valence-electron chi connectivity index (χ0n) is 55.5. The lowest BCUT2D eigenvalue weighted by atomic mass is 9.47. The quantitative estimate of drug-likeness (QED) is 0.0375. The number of aliphatic hydroxyl groups excluding tert-OH is 11. The molecule has 9 fully saturated rings. The summed E-state index contributed by atoms with van der Waals surface area (Å²) in [5.41, 5.74) is 1.36. The van der Waals surface area contributed by atoms with Gasteiger partial charge in [-0.25, -0.2) is 4.79 Å². The molecule has 29 heteroatoms. The van der Waals surface area contributed by atoms with Crippen LogP contribution in [0.5, 0.6) is 0 Å². The minimum absolute atomic E-state index is 0.00501. The molecule has 0 amide bonds. The first-order valence-electron chi connectivity index (χ1n) is 33.4. The van der Waals surface area contributed by atoms with Crippen LogP contribution in [0.3, 0.4) is 0 Å². The molecule has 538 valence electrons. The maximum atomic E-state index is 13.9. The number of esters is 1. The van der Waals surface area contributed by atoms with E-state index in [2.05, 4.69) is 19.9 Å². The summed E-state index contributed by atoms with van der Waals surface area (Å²) in [6, 6.07) is 0. The van der Waals surface area contributed by atoms with Crippen LogP contribution in [0.25, 0.3) is 0 Å². The molecule has 6 aliphatic heterocycles. The highest BCUT2D eigenvalue weighted by Crippen LogP contribution is 2.67. The molecule has 29 nitrogen and oxygen atoms in total. The van der Waals surface area contributed by atoms with Gasteiger partial charge in [0.25, 0.3) is 0 Å². The topological polar surface area (TPSA) is 404 Å². The molecule has 6 heterocycles. The zero-order valence-corrected chi connectivity index (χ0v) is 55.5. The van der Waals surface area contributed by atoms with E-state index in [1.54, 1.807) is 21.1 Å². The van der Waals surface area contributed by atoms with Gasteiger partial charge in [0.1, 0.15) is 110 Å². The molecule has 3 saturated carbocycles. The van der Waals surface area contributed by atoms with Crippen LogP contribution in [0, 0.1) is 34.5 Å². The Balaban J connectivity index is 0.727. The standard InChI is InChI=1S/C65H104O29/c1-26(2)18-42(68)92-56-28(4)84-43(21-37(56)79-9)93-57-29(5)85-44(22-38(57)80-10)94-58-30(6)86-63(55(78)59(58)81-11)87-32-14-16-64(7)31(19-32)12-13-33-34(64)15-17-65(8)35(33)20-36(45(65)27(3)67)88-62-54(77)51(74)48(71)41(91-62)25-83-61-53(76)50(73)47(70)40(90-61)24-82-60-52(75)49(72)46(69)39(23-66)89-60/h12,18,28-30,32-41,43-63,66,69-78H,13-17,19-25H2,1-11H3/t28-,29-,30-,32+,33?,34?,35?,36-,37+,38+,39-,40-,41-,43+,44+,45+,46-,47-,48-,49+,50+,51+,52-,53-,54-,55-,56-,57-,58-,59-,60-,61-,62-,63+,64+,65+/m1/s1. The second kappa shape index (κ2) is 30.8. The third-order valence-electron chi connectivity index (χ3n) is 22.3. The first-order chi connectivity index (χ1) is 44.5. The van der Waals surface area contributed by atoms with E-state index in [1.165, 1.54) is 25.7 Å². The van der Waals surface area contributed by atoms with Crippen LogP contribution in [0.4, 0.5) is 0 Å². The number of methoxy groups -OCH3 is 3. The number of ether oxygens (including phenoxy) is 16. The molecule has 0 bridgehead atoms. The van der Waals surface area contributed by atoms with Gasteiger partial charge in [-0.05, 0) is 115 Å². The van der Waals surface area contributed by atoms with Crippen LogP contribution < -0.4 is 0 Å². The van der Waals surface area contributed by atoms with Crippen molar-refractivity contribution in [2.24, 2.45) is 34.5 Å². The van der Waals surface area contributed by atoms with Crippen molar-refractivity contribution in [2.45, 2.75) is 297 Å². The fourth-order valence-electron chi connectivity index (χ4n) is 17.2. The van der Waals surface area contributed by atoms with Crippen LogP contribution in [0.1, 0.15) is 113 Å². The largest absolute Gasteiger partial charge is 0.454 e. The SMILES string of the molecule is CO[C@@H]1[C@@H](O)[C@H](O[C@H]2CC[C@@]3(C)C(=CCC4C3CC[C@@]3(C)C4C[C@@H](O[C@@H]4O[C@H](CO[C@@H]5O[C@H](CO[C@@H]6O[C@H](CO)[C@@H](O)[C@H](O)[C@H]6O)[C@@H](O)[C@H](O)[C@H]5O)[C@@H](O)[C@H](O)[C@H]4O)[C@@H]3C(C)=O)C2)O[C@H](C)[C@H]1O[C@H]1C[C@H](OC)[C@H](O[C@H]2C[C@H](OC)[C@H](OC(=O)C=C(C)C)[C@@H](C)O2)[C@@H](C)O1. The molecular weight excluding hydrogens is 1240 g/mol. The van der Waals surface area contributed by atoms with E-state index in [4.69, 9.17) is 75.8 Å². The van der Waals surface area contributed by atoms with Crippen LogP contribution in [0.15, 0.2) is 23.3 Å². The van der Waals surface area contributed by atoms with E-state index in [0.717, 1.165) is 24.8 Å². The predicted molar refractivity (Wildman–Crippen MR) is 320 cm³/mol. The average Bonchev–Trinajstić information content (AvgIpc) is 1.46. The number of ketones is 1. The van der Waals surface area contributed by atoms with Crippen molar-refractivity contribution < 1.29 is 142 Å². The van der Waals surface area contributed by atoms with Crippen molar-refractivity contribution >= 4 is 11.8 Å². The Hall–Kier alpha value is -2.42. The van der Waals surface area contributed by atoms with Crippen LogP contribution in [-0.2, 0) is 85.4 Å². The summed E-state index contributed by atoms with van der Waals surface area (Å²) in [4.78, 5) is 26.4. The molecule has 0 radical (unpaired) electrons. The van der Waals surface area contributed by atoms with Gasteiger partial charge in [-0.15, -0.1) is 0 Å². The number of carbonyl (C=O) groups excluding carboxylic acids is 2. The lowest BCUT2D eigenvalue weighted by molar-refractivity contribution is -0.353. The monoisotopic (exact) mass is 1350 g/mol. The number of fused-ring (bicyclic) bond motifs is 5. The molecule has 11 N–H and O–H groups in total. The predicted octanol–water partition coefficient (Wildman–Crippen LogP) is -0.948. The fourth-order valence-corrected chi connectivity index (χ4v) is 17.2. The second-order valence-corrected chi connectivity index (χ2v) is 28.5. The molecule has 36 atom stereocenters. The van der Waals surface area contributed by atoms with E-state index in [9.17, 15) is 65.8 Å². The molecule has 4 aliphatic carbocycles. The minimum atomic E-state index is -1.87. The highest BCUT2D eigenvalue weighted by atomic mass is 16.8. The van der Waals surface area contributed by atoms with Crippen LogP contribution in [0.2, 0.25) is 0 Å². The zero-order chi connectivity index (χ0) is 68.2. The summed E-state index contributed by atoms with van der Waals surface area (Å²) in [7, 11) is 4.65. The summed E-state index contributed by atoms with van der Waals surface area (Å²) >= 11 is 0. The molecule has 10 rings (SSSR count). The van der Waals surface area contributed by atoms with Gasteiger partial charge in [-0.1, -0.05) is 31.1 Å². The van der Waals surface area contributed by atoms with Gasteiger partial charge in [0, 0.05) is 46.2 Å². The third kappa shape index (κ3) is 15.0. The molecule has 0 aromatic heterocycles. The van der Waals surface area contributed by atoms with E-state index >= 15 is 0 Å². The van der Waals surface area contributed by atoms with Crippen LogP contribution >= 0.6 is 0 Å². The van der Waals surface area contributed by atoms with Gasteiger partial charge in [0.2, 0.25) is 0 Å². The summed E-state index contributed by atoms with van der Waals surface area (Å²) < 4.78 is 97.4. The van der Waals surface area contributed by atoms with E-state index < -0.39 is 215 Å². The third-order valence-corrected chi connectivity index (χ3v) is 22.3. The van der Waals surface area contributed by atoms with Crippen molar-refractivity contribution in [2.75, 3.05) is 41.2 Å². The number of hydrogen-bond donors (Lipinski definition) is 11. The maximum absolute atomic E-state index is 13.9. The Morgan fingerprint density at radius 3 is 1.63 bits per heavy atom. The molecule has 6 saturated heterocycles. The minimum Gasteiger partial charge on any atom is -0.454 e. The number of allylic oxidation sites excluding steroid dienone is 2. The molecule has 0 aromatic carbocycles. The Morgan fingerprint density at radius 2 is 1.06 bits per heavy atom. The summed E-state index contributed by atoms with van der Waals surface area (Å²) in [5.74, 6) is -0.788. The highest BCUT2D eigenvalue weighted by Gasteiger charge is 2.64. The molecule has 0 aromatic rings. The Morgan fingerprint density at radius 1 is 0.543 bits per heavy atom. The van der Waals surface area contributed by atoms with E-state index in [-0.39, 0.29) is 41.5 Å². The Labute approximate surface area is 548 Å². The lowest BCUT2D eigenvalue weighted by Crippen LogP contribution is -2.63. The fraction of sp³-hybridized carbons (Fsp3) is 0.908. The Kier molecular flexibility index (Phi) is 24.4.